The molecule has 0 amide bonds. The second-order valence-electron chi connectivity index (χ2n) is 3.33. The molecule has 0 unspecified atom stereocenters. The van der Waals surface area contributed by atoms with Crippen LogP contribution in [0.5, 0.6) is 0 Å². The summed E-state index contributed by atoms with van der Waals surface area (Å²) in [5.74, 6) is 0. The lowest BCUT2D eigenvalue weighted by Gasteiger charge is -2.14. The van der Waals surface area contributed by atoms with Gasteiger partial charge in [-0.25, -0.2) is 0 Å². The summed E-state index contributed by atoms with van der Waals surface area (Å²) in [4.78, 5) is 0. The molecular weight excluding hydrogens is 204 g/mol. The van der Waals surface area contributed by atoms with E-state index in [1.54, 1.807) is 0 Å². The molecule has 0 aliphatic heterocycles. The average molecular weight is 219 g/mol. The molecule has 0 aromatic heterocycles. The van der Waals surface area contributed by atoms with Crippen molar-refractivity contribution in [3.05, 3.63) is 22.8 Å². The molecule has 0 radical (unpaired) electrons. The minimum absolute atomic E-state index is 0.977. The van der Waals surface area contributed by atoms with Crippen LogP contribution in [0.4, 0.5) is 0 Å². The lowest BCUT2D eigenvalue weighted by molar-refractivity contribution is 1.40. The predicted octanol–water partition coefficient (Wildman–Crippen LogP) is 3.72. The van der Waals surface area contributed by atoms with Crippen molar-refractivity contribution in [1.82, 2.24) is 0 Å². The molecule has 0 bridgehead atoms. The van der Waals surface area contributed by atoms with Crippen molar-refractivity contribution in [3.63, 3.8) is 0 Å². The summed E-state index contributed by atoms with van der Waals surface area (Å²) < 4.78 is 1.39. The SMILES string of the molecule is C=CC/C=C(\Br)[Si](C)(C)C. The maximum atomic E-state index is 3.66. The van der Waals surface area contributed by atoms with Crippen LogP contribution in [0.15, 0.2) is 22.8 Å². The first-order valence-corrected chi connectivity index (χ1v) is 7.75. The topological polar surface area (TPSA) is 0 Å². The van der Waals surface area contributed by atoms with E-state index in [0.717, 1.165) is 6.42 Å². The third-order valence-corrected chi connectivity index (χ3v) is 6.71. The Morgan fingerprint density at radius 3 is 2.30 bits per heavy atom. The summed E-state index contributed by atoms with van der Waals surface area (Å²) in [5.41, 5.74) is 0. The fraction of sp³-hybridized carbons (Fsp3) is 0.500. The molecule has 0 aliphatic carbocycles. The van der Waals surface area contributed by atoms with Crippen LogP contribution in [0.3, 0.4) is 0 Å². The van der Waals surface area contributed by atoms with Gasteiger partial charge in [-0.2, -0.15) is 0 Å². The van der Waals surface area contributed by atoms with Crippen molar-refractivity contribution < 1.29 is 0 Å². The molecule has 58 valence electrons. The second-order valence-corrected chi connectivity index (χ2v) is 9.95. The van der Waals surface area contributed by atoms with Crippen LogP contribution in [-0.2, 0) is 0 Å². The largest absolute Gasteiger partial charge is 0.103 e. The third-order valence-electron chi connectivity index (χ3n) is 1.18. The fourth-order valence-electron chi connectivity index (χ4n) is 0.493. The molecule has 0 nitrogen and oxygen atoms in total. The van der Waals surface area contributed by atoms with Crippen LogP contribution in [0.2, 0.25) is 19.6 Å². The van der Waals surface area contributed by atoms with Crippen LogP contribution in [0, 0.1) is 0 Å². The van der Waals surface area contributed by atoms with E-state index < -0.39 is 8.07 Å². The maximum Gasteiger partial charge on any atom is 0.0861 e. The molecule has 0 saturated carbocycles. The molecular formula is C8H15BrSi. The zero-order valence-electron chi connectivity index (χ0n) is 6.95. The van der Waals surface area contributed by atoms with Crippen molar-refractivity contribution in [1.29, 1.82) is 0 Å². The van der Waals surface area contributed by atoms with E-state index in [-0.39, 0.29) is 0 Å². The summed E-state index contributed by atoms with van der Waals surface area (Å²) in [6, 6.07) is 0. The van der Waals surface area contributed by atoms with Gasteiger partial charge in [0, 0.05) is 0 Å². The fourth-order valence-corrected chi connectivity index (χ4v) is 1.41. The van der Waals surface area contributed by atoms with E-state index in [4.69, 9.17) is 0 Å². The van der Waals surface area contributed by atoms with Gasteiger partial charge in [0.2, 0.25) is 0 Å². The Balaban J connectivity index is 4.05. The number of hydrogen-bond donors (Lipinski definition) is 0. The van der Waals surface area contributed by atoms with Gasteiger partial charge in [-0.1, -0.05) is 47.7 Å². The second kappa shape index (κ2) is 4.14. The smallest absolute Gasteiger partial charge is 0.0861 e. The van der Waals surface area contributed by atoms with Crippen LogP contribution < -0.4 is 0 Å². The zero-order chi connectivity index (χ0) is 8.20. The lowest BCUT2D eigenvalue weighted by atomic mass is 10.4. The molecule has 0 saturated heterocycles. The van der Waals surface area contributed by atoms with E-state index in [1.807, 2.05) is 6.08 Å². The summed E-state index contributed by atoms with van der Waals surface area (Å²) in [6.07, 6.45) is 5.10. The highest BCUT2D eigenvalue weighted by Crippen LogP contribution is 2.20. The van der Waals surface area contributed by atoms with Crippen LogP contribution in [-0.4, -0.2) is 8.07 Å². The molecule has 0 atom stereocenters. The van der Waals surface area contributed by atoms with Crippen molar-refractivity contribution in [2.24, 2.45) is 0 Å². The average Bonchev–Trinajstić information content (AvgIpc) is 1.80. The summed E-state index contributed by atoms with van der Waals surface area (Å²) in [6.45, 7) is 10.6. The first kappa shape index (κ1) is 10.2. The van der Waals surface area contributed by atoms with Crippen molar-refractivity contribution in [3.8, 4) is 0 Å². The zero-order valence-corrected chi connectivity index (χ0v) is 9.53. The molecule has 0 rings (SSSR count). The molecule has 0 fully saturated rings. The third kappa shape index (κ3) is 4.07. The van der Waals surface area contributed by atoms with E-state index >= 15 is 0 Å². The maximum absolute atomic E-state index is 3.66. The highest BCUT2D eigenvalue weighted by Gasteiger charge is 2.15. The van der Waals surface area contributed by atoms with Crippen LogP contribution in [0.1, 0.15) is 6.42 Å². The first-order chi connectivity index (χ1) is 4.48. The summed E-state index contributed by atoms with van der Waals surface area (Å²) in [7, 11) is -1.07. The first-order valence-electron chi connectivity index (χ1n) is 3.45. The Labute approximate surface area is 73.2 Å². The highest BCUT2D eigenvalue weighted by atomic mass is 79.9. The molecule has 2 heteroatoms. The van der Waals surface area contributed by atoms with Gasteiger partial charge >= 0.3 is 0 Å². The van der Waals surface area contributed by atoms with E-state index in [9.17, 15) is 0 Å². The van der Waals surface area contributed by atoms with Gasteiger partial charge in [-0.05, 0) is 10.5 Å². The minimum Gasteiger partial charge on any atom is -0.103 e. The van der Waals surface area contributed by atoms with Gasteiger partial charge in [0.1, 0.15) is 0 Å². The Hall–Kier alpha value is 0.177. The summed E-state index contributed by atoms with van der Waals surface area (Å²) >= 11 is 3.57. The van der Waals surface area contributed by atoms with E-state index in [2.05, 4.69) is 48.2 Å². The van der Waals surface area contributed by atoms with E-state index in [0.29, 0.717) is 0 Å². The van der Waals surface area contributed by atoms with E-state index in [1.165, 1.54) is 4.11 Å². The Bertz CT molecular complexity index is 142. The summed E-state index contributed by atoms with van der Waals surface area (Å²) in [5, 5.41) is 0. The Morgan fingerprint density at radius 2 is 2.00 bits per heavy atom. The molecule has 0 spiro atoms. The van der Waals surface area contributed by atoms with Gasteiger partial charge in [0.25, 0.3) is 0 Å². The quantitative estimate of drug-likeness (QED) is 0.501. The van der Waals surface area contributed by atoms with Gasteiger partial charge in [0.05, 0.1) is 8.07 Å². The Kier molecular flexibility index (Phi) is 4.21. The van der Waals surface area contributed by atoms with Crippen molar-refractivity contribution in [2.75, 3.05) is 0 Å². The highest BCUT2D eigenvalue weighted by molar-refractivity contribution is 9.12. The van der Waals surface area contributed by atoms with Gasteiger partial charge in [0.15, 0.2) is 0 Å². The van der Waals surface area contributed by atoms with Crippen LogP contribution in [0.25, 0.3) is 0 Å². The number of hydrogen-bond acceptors (Lipinski definition) is 0. The molecule has 0 aliphatic rings. The van der Waals surface area contributed by atoms with Gasteiger partial charge < -0.3 is 0 Å². The normalized spacial score (nSPS) is 13.4. The number of allylic oxidation sites excluding steroid dienone is 2. The molecule has 0 heterocycles. The predicted molar refractivity (Wildman–Crippen MR) is 55.2 cm³/mol. The number of rotatable bonds is 3. The molecule has 10 heavy (non-hydrogen) atoms. The Morgan fingerprint density at radius 1 is 1.50 bits per heavy atom. The molecule has 0 aromatic carbocycles. The lowest BCUT2D eigenvalue weighted by Crippen LogP contribution is -2.20. The van der Waals surface area contributed by atoms with Gasteiger partial charge in [-0.15, -0.1) is 6.58 Å². The molecule has 0 aromatic rings. The molecule has 0 N–H and O–H groups in total. The monoisotopic (exact) mass is 218 g/mol. The van der Waals surface area contributed by atoms with Crippen molar-refractivity contribution >= 4 is 24.0 Å². The van der Waals surface area contributed by atoms with Gasteiger partial charge in [-0.3, -0.25) is 0 Å². The standard InChI is InChI=1S/C8H15BrSi/c1-5-6-7-8(9)10(2,3)4/h5,7H,1,6H2,2-4H3/b8-7+. The minimum atomic E-state index is -1.07. The van der Waals surface area contributed by atoms with Crippen LogP contribution >= 0.6 is 15.9 Å². The number of halogens is 1. The van der Waals surface area contributed by atoms with Crippen molar-refractivity contribution in [2.45, 2.75) is 26.1 Å².